The second-order valence-electron chi connectivity index (χ2n) is 10.9. The van der Waals surface area contributed by atoms with Crippen molar-refractivity contribution in [2.45, 2.75) is 90.4 Å². The number of carbonyl (C=O) groups is 1. The molecular formula is C28H41NO3. The molecule has 0 bridgehead atoms. The Labute approximate surface area is 193 Å². The molecule has 32 heavy (non-hydrogen) atoms. The molecule has 0 aliphatic heterocycles. The quantitative estimate of drug-likeness (QED) is 0.380. The monoisotopic (exact) mass is 439 g/mol. The molecule has 0 saturated heterocycles. The van der Waals surface area contributed by atoms with Crippen molar-refractivity contribution < 1.29 is 15.0 Å². The van der Waals surface area contributed by atoms with Crippen LogP contribution in [0.1, 0.15) is 70.4 Å². The van der Waals surface area contributed by atoms with E-state index in [9.17, 15) is 15.0 Å². The second-order valence-corrected chi connectivity index (χ2v) is 10.9. The molecule has 0 spiro atoms. The van der Waals surface area contributed by atoms with Crippen molar-refractivity contribution in [3.8, 4) is 0 Å². The Hall–Kier alpha value is -1.91. The zero-order chi connectivity index (χ0) is 23.3. The van der Waals surface area contributed by atoms with Gasteiger partial charge >= 0.3 is 0 Å². The Morgan fingerprint density at radius 3 is 2.78 bits per heavy atom. The number of aliphatic hydroxyl groups is 2. The molecule has 3 rings (SSSR count). The summed E-state index contributed by atoms with van der Waals surface area (Å²) in [4.78, 5) is 12.0. The summed E-state index contributed by atoms with van der Waals surface area (Å²) in [6, 6.07) is 8.24. The molecule has 4 heteroatoms. The lowest BCUT2D eigenvalue weighted by Gasteiger charge is -2.20. The number of hydrogen-bond acceptors (Lipinski definition) is 3. The summed E-state index contributed by atoms with van der Waals surface area (Å²) in [5.41, 5.74) is 3.64. The zero-order valence-electron chi connectivity index (χ0n) is 20.2. The topological polar surface area (TPSA) is 69.6 Å². The first-order valence-electron chi connectivity index (χ1n) is 12.2. The minimum absolute atomic E-state index is 0.110. The standard InChI is InChI=1S/C28H41NO3/c1-19-8-7-10-20(14-19)16-23(30)12-13-24-25-17-21(15-22(25)18-26(24)31)9-5-6-11-27(32)29-28(2,3)4/h7-8,10,12-15,22-26,30-31H,5-6,9,11,16-18H2,1-4H3,(H,29,32)/b13-12+/t22-,23+,24+,25-,26+/m0/s1. The van der Waals surface area contributed by atoms with Gasteiger partial charge < -0.3 is 15.5 Å². The van der Waals surface area contributed by atoms with Crippen LogP contribution in [0.2, 0.25) is 0 Å². The molecule has 3 N–H and O–H groups in total. The minimum atomic E-state index is -0.531. The van der Waals surface area contributed by atoms with Gasteiger partial charge in [-0.1, -0.05) is 53.6 Å². The van der Waals surface area contributed by atoms with Crippen LogP contribution in [0.25, 0.3) is 0 Å². The van der Waals surface area contributed by atoms with Crippen molar-refractivity contribution in [1.82, 2.24) is 5.32 Å². The number of allylic oxidation sites excluding steroid dienone is 2. The van der Waals surface area contributed by atoms with E-state index < -0.39 is 6.10 Å². The van der Waals surface area contributed by atoms with E-state index in [0.29, 0.717) is 24.7 Å². The number of hydrogen-bond donors (Lipinski definition) is 3. The summed E-state index contributed by atoms with van der Waals surface area (Å²) in [5, 5.41) is 24.1. The average Bonchev–Trinajstić information content (AvgIpc) is 3.18. The summed E-state index contributed by atoms with van der Waals surface area (Å²) < 4.78 is 0. The molecule has 1 saturated carbocycles. The summed E-state index contributed by atoms with van der Waals surface area (Å²) in [7, 11) is 0. The van der Waals surface area contributed by atoms with Gasteiger partial charge in [-0.25, -0.2) is 0 Å². The first-order chi connectivity index (χ1) is 15.1. The Kier molecular flexibility index (Phi) is 8.35. The molecule has 1 aromatic rings. The number of unbranched alkanes of at least 4 members (excludes halogenated alkanes) is 1. The molecule has 4 nitrogen and oxygen atoms in total. The molecule has 1 aromatic carbocycles. The molecule has 5 atom stereocenters. The van der Waals surface area contributed by atoms with Gasteiger partial charge in [0, 0.05) is 24.3 Å². The van der Waals surface area contributed by atoms with E-state index in [4.69, 9.17) is 0 Å². The van der Waals surface area contributed by atoms with Gasteiger partial charge in [0.2, 0.25) is 5.91 Å². The molecule has 1 fully saturated rings. The van der Waals surface area contributed by atoms with E-state index in [2.05, 4.69) is 36.5 Å². The maximum Gasteiger partial charge on any atom is 0.220 e. The molecule has 0 aromatic heterocycles. The zero-order valence-corrected chi connectivity index (χ0v) is 20.2. The molecule has 1 amide bonds. The molecule has 176 valence electrons. The van der Waals surface area contributed by atoms with E-state index in [1.54, 1.807) is 0 Å². The number of rotatable bonds is 9. The van der Waals surface area contributed by atoms with E-state index in [1.165, 1.54) is 11.1 Å². The lowest BCUT2D eigenvalue weighted by Crippen LogP contribution is -2.40. The predicted molar refractivity (Wildman–Crippen MR) is 130 cm³/mol. The highest BCUT2D eigenvalue weighted by molar-refractivity contribution is 5.76. The average molecular weight is 440 g/mol. The van der Waals surface area contributed by atoms with Crippen LogP contribution >= 0.6 is 0 Å². The lowest BCUT2D eigenvalue weighted by molar-refractivity contribution is -0.122. The summed E-state index contributed by atoms with van der Waals surface area (Å²) in [5.74, 6) is 1.12. The molecule has 2 aliphatic carbocycles. The van der Waals surface area contributed by atoms with Crippen molar-refractivity contribution in [2.24, 2.45) is 17.8 Å². The smallest absolute Gasteiger partial charge is 0.220 e. The van der Waals surface area contributed by atoms with Crippen LogP contribution in [-0.2, 0) is 11.2 Å². The van der Waals surface area contributed by atoms with E-state index in [-0.39, 0.29) is 23.5 Å². The number of nitrogens with one attached hydrogen (secondary N) is 1. The number of carbonyl (C=O) groups excluding carboxylic acids is 1. The van der Waals surface area contributed by atoms with Crippen LogP contribution < -0.4 is 5.32 Å². The minimum Gasteiger partial charge on any atom is -0.392 e. The fraction of sp³-hybridized carbons (Fsp3) is 0.607. The van der Waals surface area contributed by atoms with Gasteiger partial charge in [0.1, 0.15) is 0 Å². The largest absolute Gasteiger partial charge is 0.392 e. The number of aryl methyl sites for hydroxylation is 1. The van der Waals surface area contributed by atoms with Gasteiger partial charge in [0.25, 0.3) is 0 Å². The maximum atomic E-state index is 12.0. The third kappa shape index (κ3) is 7.31. The Morgan fingerprint density at radius 2 is 2.06 bits per heavy atom. The predicted octanol–water partition coefficient (Wildman–Crippen LogP) is 4.87. The highest BCUT2D eigenvalue weighted by Gasteiger charge is 2.43. The number of amides is 1. The van der Waals surface area contributed by atoms with Gasteiger partial charge in [-0.3, -0.25) is 4.79 Å². The summed E-state index contributed by atoms with van der Waals surface area (Å²) in [6.45, 7) is 8.09. The Morgan fingerprint density at radius 1 is 1.28 bits per heavy atom. The Balaban J connectivity index is 1.44. The fourth-order valence-electron chi connectivity index (χ4n) is 5.31. The van der Waals surface area contributed by atoms with Crippen molar-refractivity contribution >= 4 is 5.91 Å². The first kappa shape index (κ1) is 24.7. The van der Waals surface area contributed by atoms with Crippen LogP contribution in [-0.4, -0.2) is 33.9 Å². The molecule has 0 unspecified atom stereocenters. The van der Waals surface area contributed by atoms with Gasteiger partial charge in [-0.2, -0.15) is 0 Å². The van der Waals surface area contributed by atoms with Gasteiger partial charge in [0.15, 0.2) is 0 Å². The molecule has 0 heterocycles. The summed E-state index contributed by atoms with van der Waals surface area (Å²) >= 11 is 0. The third-order valence-electron chi connectivity index (χ3n) is 6.70. The van der Waals surface area contributed by atoms with Crippen LogP contribution in [0.5, 0.6) is 0 Å². The summed E-state index contributed by atoms with van der Waals surface area (Å²) in [6.07, 6.45) is 11.5. The SMILES string of the molecule is Cc1cccc(C[C@H](O)/C=C/[C@@H]2[C@H]3CC(CCCCC(=O)NC(C)(C)C)=C[C@H]3C[C@H]2O)c1. The Bertz CT molecular complexity index is 835. The molecule has 2 aliphatic rings. The van der Waals surface area contributed by atoms with Gasteiger partial charge in [-0.05, 0) is 77.2 Å². The van der Waals surface area contributed by atoms with E-state index >= 15 is 0 Å². The van der Waals surface area contributed by atoms with Crippen molar-refractivity contribution in [1.29, 1.82) is 0 Å². The van der Waals surface area contributed by atoms with Gasteiger partial charge in [0.05, 0.1) is 12.2 Å². The van der Waals surface area contributed by atoms with Crippen molar-refractivity contribution in [3.05, 3.63) is 59.2 Å². The maximum absolute atomic E-state index is 12.0. The number of fused-ring (bicyclic) bond motifs is 1. The van der Waals surface area contributed by atoms with Crippen molar-refractivity contribution in [2.75, 3.05) is 0 Å². The van der Waals surface area contributed by atoms with Crippen LogP contribution in [0.15, 0.2) is 48.1 Å². The highest BCUT2D eigenvalue weighted by Crippen LogP contribution is 2.48. The molecular weight excluding hydrogens is 398 g/mol. The number of benzene rings is 1. The molecule has 0 radical (unpaired) electrons. The lowest BCUT2D eigenvalue weighted by atomic mass is 9.88. The van der Waals surface area contributed by atoms with Crippen LogP contribution in [0.3, 0.4) is 0 Å². The second kappa shape index (κ2) is 10.8. The van der Waals surface area contributed by atoms with Crippen LogP contribution in [0, 0.1) is 24.7 Å². The van der Waals surface area contributed by atoms with E-state index in [1.807, 2.05) is 39.0 Å². The highest BCUT2D eigenvalue weighted by atomic mass is 16.3. The normalized spacial score (nSPS) is 26.2. The number of aliphatic hydroxyl groups excluding tert-OH is 2. The van der Waals surface area contributed by atoms with Crippen molar-refractivity contribution in [3.63, 3.8) is 0 Å². The first-order valence-corrected chi connectivity index (χ1v) is 12.2. The van der Waals surface area contributed by atoms with Gasteiger partial charge in [-0.15, -0.1) is 0 Å². The fourth-order valence-corrected chi connectivity index (χ4v) is 5.31. The van der Waals surface area contributed by atoms with E-state index in [0.717, 1.165) is 37.7 Å². The third-order valence-corrected chi connectivity index (χ3v) is 6.70. The van der Waals surface area contributed by atoms with Crippen LogP contribution in [0.4, 0.5) is 0 Å².